The van der Waals surface area contributed by atoms with Gasteiger partial charge in [-0.15, -0.1) is 6.58 Å². The molecule has 1 aliphatic rings. The van der Waals surface area contributed by atoms with E-state index in [4.69, 9.17) is 5.26 Å². The maximum absolute atomic E-state index is 9.05. The third kappa shape index (κ3) is 2.50. The summed E-state index contributed by atoms with van der Waals surface area (Å²) in [5.74, 6) is 0.774. The van der Waals surface area contributed by atoms with E-state index in [1.54, 1.807) is 6.08 Å². The molecular formula is C14H16N2. The zero-order valence-electron chi connectivity index (χ0n) is 9.32. The van der Waals surface area contributed by atoms with E-state index in [1.165, 1.54) is 18.4 Å². The van der Waals surface area contributed by atoms with Crippen molar-refractivity contribution in [3.05, 3.63) is 48.0 Å². The molecule has 0 aromatic heterocycles. The topological polar surface area (TPSA) is 35.8 Å². The highest BCUT2D eigenvalue weighted by molar-refractivity contribution is 5.31. The van der Waals surface area contributed by atoms with E-state index < -0.39 is 0 Å². The Labute approximate surface area is 96.6 Å². The van der Waals surface area contributed by atoms with Crippen LogP contribution in [0.2, 0.25) is 0 Å². The van der Waals surface area contributed by atoms with E-state index in [0.717, 1.165) is 11.5 Å². The Morgan fingerprint density at radius 2 is 2.12 bits per heavy atom. The second-order valence-corrected chi connectivity index (χ2v) is 4.20. The fourth-order valence-electron chi connectivity index (χ4n) is 1.82. The first-order valence-electron chi connectivity index (χ1n) is 5.69. The Morgan fingerprint density at radius 1 is 1.44 bits per heavy atom. The van der Waals surface area contributed by atoms with Crippen LogP contribution in [-0.2, 0) is 0 Å². The van der Waals surface area contributed by atoms with Gasteiger partial charge in [0.15, 0.2) is 0 Å². The van der Waals surface area contributed by atoms with Crippen LogP contribution in [0.4, 0.5) is 0 Å². The van der Waals surface area contributed by atoms with Crippen molar-refractivity contribution in [3.63, 3.8) is 0 Å². The summed E-state index contributed by atoms with van der Waals surface area (Å²) in [6.45, 7) is 4.29. The van der Waals surface area contributed by atoms with Crippen molar-refractivity contribution < 1.29 is 0 Å². The molecule has 1 unspecified atom stereocenters. The van der Waals surface area contributed by atoms with Gasteiger partial charge in [0.05, 0.1) is 6.07 Å². The highest BCUT2D eigenvalue weighted by atomic mass is 14.9. The number of hydrogen-bond acceptors (Lipinski definition) is 2. The summed E-state index contributed by atoms with van der Waals surface area (Å²) in [5, 5.41) is 12.2. The summed E-state index contributed by atoms with van der Waals surface area (Å²) in [4.78, 5) is 0. The molecule has 1 aromatic carbocycles. The van der Waals surface area contributed by atoms with Crippen LogP contribution in [0.5, 0.6) is 0 Å². The molecule has 1 saturated carbocycles. The predicted octanol–water partition coefficient (Wildman–Crippen LogP) is 2.90. The van der Waals surface area contributed by atoms with Gasteiger partial charge < -0.3 is 0 Å². The van der Waals surface area contributed by atoms with Gasteiger partial charge in [-0.05, 0) is 29.9 Å². The summed E-state index contributed by atoms with van der Waals surface area (Å²) in [6, 6.07) is 10.4. The Morgan fingerprint density at radius 3 is 2.62 bits per heavy atom. The van der Waals surface area contributed by atoms with Gasteiger partial charge in [-0.2, -0.15) is 5.26 Å². The number of benzene rings is 1. The third-order valence-electron chi connectivity index (χ3n) is 2.91. The predicted molar refractivity (Wildman–Crippen MR) is 65.0 cm³/mol. The van der Waals surface area contributed by atoms with Gasteiger partial charge in [0, 0.05) is 6.54 Å². The van der Waals surface area contributed by atoms with Gasteiger partial charge in [-0.1, -0.05) is 30.3 Å². The van der Waals surface area contributed by atoms with Crippen molar-refractivity contribution in [2.75, 3.05) is 6.54 Å². The fraction of sp³-hybridized carbons (Fsp3) is 0.357. The smallest absolute Gasteiger partial charge is 0.121 e. The van der Waals surface area contributed by atoms with E-state index in [9.17, 15) is 0 Å². The lowest BCUT2D eigenvalue weighted by Gasteiger charge is -2.10. The first-order valence-corrected chi connectivity index (χ1v) is 5.69. The van der Waals surface area contributed by atoms with Gasteiger partial charge in [0.1, 0.15) is 6.04 Å². The van der Waals surface area contributed by atoms with Crippen molar-refractivity contribution >= 4 is 0 Å². The second-order valence-electron chi connectivity index (χ2n) is 4.20. The Bertz CT molecular complexity index is 396. The summed E-state index contributed by atoms with van der Waals surface area (Å²) in [7, 11) is 0. The molecule has 0 bridgehead atoms. The Hall–Kier alpha value is -1.59. The first-order chi connectivity index (χ1) is 7.85. The minimum atomic E-state index is -0.230. The summed E-state index contributed by atoms with van der Waals surface area (Å²) in [5.41, 5.74) is 2.44. The standard InChI is InChI=1S/C14H16N2/c1-2-9-16-14(10-15)13-7-5-12(6-8-13)11-3-4-11/h2,5-8,11,14,16H,1,3-4,9H2. The van der Waals surface area contributed by atoms with Crippen LogP contribution in [0.25, 0.3) is 0 Å². The Balaban J connectivity index is 2.06. The van der Waals surface area contributed by atoms with Crippen molar-refractivity contribution in [1.29, 1.82) is 5.26 Å². The second kappa shape index (κ2) is 4.96. The monoisotopic (exact) mass is 212 g/mol. The largest absolute Gasteiger partial charge is 0.295 e. The molecule has 1 aliphatic carbocycles. The molecule has 1 N–H and O–H groups in total. The maximum Gasteiger partial charge on any atom is 0.121 e. The zero-order valence-corrected chi connectivity index (χ0v) is 9.32. The average Bonchev–Trinajstić information content (AvgIpc) is 3.15. The summed E-state index contributed by atoms with van der Waals surface area (Å²) < 4.78 is 0. The molecule has 1 fully saturated rings. The molecule has 0 amide bonds. The fourth-order valence-corrected chi connectivity index (χ4v) is 1.82. The minimum Gasteiger partial charge on any atom is -0.295 e. The molecule has 2 nitrogen and oxygen atoms in total. The molecule has 0 aliphatic heterocycles. The third-order valence-corrected chi connectivity index (χ3v) is 2.91. The van der Waals surface area contributed by atoms with Crippen LogP contribution in [0.15, 0.2) is 36.9 Å². The average molecular weight is 212 g/mol. The molecule has 0 saturated heterocycles. The number of nitrogens with one attached hydrogen (secondary N) is 1. The molecule has 16 heavy (non-hydrogen) atoms. The lowest BCUT2D eigenvalue weighted by atomic mass is 10.0. The van der Waals surface area contributed by atoms with Gasteiger partial charge in [0.2, 0.25) is 0 Å². The van der Waals surface area contributed by atoms with Crippen LogP contribution in [0.3, 0.4) is 0 Å². The van der Waals surface area contributed by atoms with E-state index in [2.05, 4.69) is 42.2 Å². The lowest BCUT2D eigenvalue weighted by Crippen LogP contribution is -2.19. The Kier molecular flexibility index (Phi) is 3.38. The normalized spacial score (nSPS) is 16.4. The van der Waals surface area contributed by atoms with Crippen molar-refractivity contribution in [2.45, 2.75) is 24.8 Å². The minimum absolute atomic E-state index is 0.230. The van der Waals surface area contributed by atoms with Gasteiger partial charge >= 0.3 is 0 Å². The highest BCUT2D eigenvalue weighted by Gasteiger charge is 2.23. The van der Waals surface area contributed by atoms with Crippen molar-refractivity contribution in [3.8, 4) is 6.07 Å². The van der Waals surface area contributed by atoms with Crippen molar-refractivity contribution in [2.24, 2.45) is 0 Å². The van der Waals surface area contributed by atoms with E-state index in [0.29, 0.717) is 6.54 Å². The van der Waals surface area contributed by atoms with Crippen LogP contribution in [0, 0.1) is 11.3 Å². The molecule has 2 rings (SSSR count). The summed E-state index contributed by atoms with van der Waals surface area (Å²) >= 11 is 0. The van der Waals surface area contributed by atoms with E-state index in [-0.39, 0.29) is 6.04 Å². The quantitative estimate of drug-likeness (QED) is 0.762. The molecular weight excluding hydrogens is 196 g/mol. The molecule has 1 aromatic rings. The van der Waals surface area contributed by atoms with E-state index >= 15 is 0 Å². The van der Waals surface area contributed by atoms with Crippen LogP contribution >= 0.6 is 0 Å². The van der Waals surface area contributed by atoms with Gasteiger partial charge in [-0.3, -0.25) is 5.32 Å². The van der Waals surface area contributed by atoms with Crippen molar-refractivity contribution in [1.82, 2.24) is 5.32 Å². The maximum atomic E-state index is 9.05. The van der Waals surface area contributed by atoms with E-state index in [1.807, 2.05) is 0 Å². The van der Waals surface area contributed by atoms with Crippen LogP contribution in [0.1, 0.15) is 35.9 Å². The van der Waals surface area contributed by atoms with Crippen LogP contribution < -0.4 is 5.32 Å². The zero-order chi connectivity index (χ0) is 11.4. The molecule has 82 valence electrons. The molecule has 1 atom stereocenters. The number of nitriles is 1. The highest BCUT2D eigenvalue weighted by Crippen LogP contribution is 2.40. The molecule has 2 heteroatoms. The first kappa shape index (κ1) is 10.9. The number of rotatable bonds is 5. The molecule has 0 radical (unpaired) electrons. The van der Waals surface area contributed by atoms with Crippen LogP contribution in [-0.4, -0.2) is 6.54 Å². The SMILES string of the molecule is C=CCNC(C#N)c1ccc(C2CC2)cc1. The summed E-state index contributed by atoms with van der Waals surface area (Å²) in [6.07, 6.45) is 4.40. The number of hydrogen-bond donors (Lipinski definition) is 1. The lowest BCUT2D eigenvalue weighted by molar-refractivity contribution is 0.683. The molecule has 0 heterocycles. The van der Waals surface area contributed by atoms with Gasteiger partial charge in [-0.25, -0.2) is 0 Å². The van der Waals surface area contributed by atoms with Gasteiger partial charge in [0.25, 0.3) is 0 Å². The molecule has 0 spiro atoms. The number of nitrogens with zero attached hydrogens (tertiary/aromatic N) is 1.